The van der Waals surface area contributed by atoms with E-state index >= 15 is 0 Å². The molecule has 0 nitrogen and oxygen atoms in total. The van der Waals surface area contributed by atoms with Gasteiger partial charge in [-0.2, -0.15) is 33.9 Å². The zero-order chi connectivity index (χ0) is 20.8. The van der Waals surface area contributed by atoms with Crippen molar-refractivity contribution in [2.24, 2.45) is 0 Å². The molecule has 0 saturated heterocycles. The van der Waals surface area contributed by atoms with E-state index in [0.29, 0.717) is 0 Å². The first-order valence-corrected chi connectivity index (χ1v) is 20.8. The normalized spacial score (nSPS) is 10.1. The predicted molar refractivity (Wildman–Crippen MR) is 130 cm³/mol. The number of hydrogen-bond donors (Lipinski definition) is 0. The van der Waals surface area contributed by atoms with Crippen LogP contribution in [-0.2, 0) is 25.0 Å². The van der Waals surface area contributed by atoms with Crippen molar-refractivity contribution in [1.29, 1.82) is 0 Å². The average Bonchev–Trinajstić information content (AvgIpc) is 3.16. The molecule has 0 aliphatic heterocycles. The number of aryl methyl sites for hydroxylation is 1. The average molecular weight is 580 g/mol. The molecule has 4 rings (SSSR count). The van der Waals surface area contributed by atoms with Crippen molar-refractivity contribution in [3.8, 4) is 0 Å². The zero-order valence-corrected chi connectivity index (χ0v) is 23.2. The van der Waals surface area contributed by atoms with Crippen molar-refractivity contribution in [3.05, 3.63) is 81.9 Å². The Bertz CT molecular complexity index is 1030. The van der Waals surface area contributed by atoms with Gasteiger partial charge in [0.15, 0.2) is 0 Å². The minimum atomic E-state index is -0.145. The monoisotopic (exact) mass is 576 g/mol. The van der Waals surface area contributed by atoms with Crippen molar-refractivity contribution < 1.29 is 18.5 Å². The van der Waals surface area contributed by atoms with Crippen LogP contribution in [0.3, 0.4) is 0 Å². The second kappa shape index (κ2) is 11.0. The third kappa shape index (κ3) is 5.35. The van der Waals surface area contributed by atoms with E-state index in [1.165, 1.54) is 55.8 Å². The van der Waals surface area contributed by atoms with Crippen LogP contribution in [0.15, 0.2) is 48.5 Å². The zero-order valence-electron chi connectivity index (χ0n) is 17.6. The second-order valence-corrected chi connectivity index (χ2v) is 18.6. The van der Waals surface area contributed by atoms with E-state index in [4.69, 9.17) is 0 Å². The van der Waals surface area contributed by atoms with Crippen molar-refractivity contribution in [2.75, 3.05) is 0 Å². The molecule has 0 bridgehead atoms. The number of fused-ring (bicyclic) bond motifs is 3. The molecule has 0 atom stereocenters. The molecule has 0 aliphatic rings. The van der Waals surface area contributed by atoms with Gasteiger partial charge in [-0.25, -0.2) is 0 Å². The van der Waals surface area contributed by atoms with Crippen LogP contribution in [-0.4, -0.2) is 0 Å². The van der Waals surface area contributed by atoms with Crippen LogP contribution in [0, 0.1) is 34.6 Å². The maximum absolute atomic E-state index is 3.23. The van der Waals surface area contributed by atoms with Crippen LogP contribution < -0.4 is 0 Å². The van der Waals surface area contributed by atoms with Gasteiger partial charge in [-0.05, 0) is 0 Å². The summed E-state index contributed by atoms with van der Waals surface area (Å²) in [6.07, 6.45) is 1.17. The molecule has 0 amide bonds. The molecule has 28 heavy (non-hydrogen) atoms. The standard InChI is InChI=1S/C14H11.C11H17.2BrH.Zr/c1-10-8-12-7-6-11-4-2-3-5-13(11)14(12)9-10;1-6-11-9(4)7(2)8(3)10(11)5;;;/h2-9H,1H3;6H2,1-5H3;2*1H;/q2*-1;;;+4/p-2. The van der Waals surface area contributed by atoms with E-state index in [-0.39, 0.29) is 18.5 Å². The maximum atomic E-state index is 3.23. The Morgan fingerprint density at radius 1 is 0.857 bits per heavy atom. The summed E-state index contributed by atoms with van der Waals surface area (Å²) in [4.78, 5) is 0. The molecule has 0 aliphatic carbocycles. The second-order valence-electron chi connectivity index (χ2n) is 7.23. The van der Waals surface area contributed by atoms with Crippen molar-refractivity contribution >= 4 is 46.0 Å². The summed E-state index contributed by atoms with van der Waals surface area (Å²) in [5.41, 5.74) is 8.88. The molecule has 4 aromatic rings. The van der Waals surface area contributed by atoms with Gasteiger partial charge in [-0.1, -0.05) is 89.1 Å². The SMILES string of the molecule is CC[c-]1c(C)c(C)c(C)c1C.Cc1cc2ccc3ccccc3c2[cH-]1.[Br][Zr+2][Br]. The number of halogens is 2. The van der Waals surface area contributed by atoms with E-state index in [9.17, 15) is 0 Å². The van der Waals surface area contributed by atoms with E-state index in [1.54, 1.807) is 5.56 Å². The molecule has 0 radical (unpaired) electrons. The summed E-state index contributed by atoms with van der Waals surface area (Å²) in [5, 5.41) is 5.41. The van der Waals surface area contributed by atoms with Gasteiger partial charge in [-0.3, -0.25) is 0 Å². The molecule has 146 valence electrons. The van der Waals surface area contributed by atoms with Gasteiger partial charge in [0.25, 0.3) is 0 Å². The molecule has 0 N–H and O–H groups in total. The van der Waals surface area contributed by atoms with E-state index in [2.05, 4.69) is 115 Å². The number of benzene rings is 2. The first-order valence-electron chi connectivity index (χ1n) is 9.58. The van der Waals surface area contributed by atoms with Crippen LogP contribution in [0.2, 0.25) is 0 Å². The summed E-state index contributed by atoms with van der Waals surface area (Å²) in [5.74, 6) is 0. The van der Waals surface area contributed by atoms with Gasteiger partial charge in [0.05, 0.1) is 0 Å². The third-order valence-electron chi connectivity index (χ3n) is 5.71. The number of hydrogen-bond acceptors (Lipinski definition) is 0. The summed E-state index contributed by atoms with van der Waals surface area (Å²) >= 11 is 6.32. The minimum absolute atomic E-state index is 0.145. The Labute approximate surface area is 192 Å². The van der Waals surface area contributed by atoms with E-state index < -0.39 is 0 Å². The molecule has 4 aromatic carbocycles. The fourth-order valence-corrected chi connectivity index (χ4v) is 3.94. The first kappa shape index (κ1) is 23.8. The van der Waals surface area contributed by atoms with Crippen molar-refractivity contribution in [3.63, 3.8) is 0 Å². The first-order chi connectivity index (χ1) is 13.3. The van der Waals surface area contributed by atoms with Gasteiger partial charge in [-0.15, -0.1) is 28.5 Å². The molecular weight excluding hydrogens is 551 g/mol. The van der Waals surface area contributed by atoms with Crippen LogP contribution in [0.5, 0.6) is 0 Å². The molecule has 0 fully saturated rings. The topological polar surface area (TPSA) is 0 Å². The molecular formula is C25H28Br2Zr. The molecule has 0 heterocycles. The quantitative estimate of drug-likeness (QED) is 0.198. The predicted octanol–water partition coefficient (Wildman–Crippen LogP) is 8.91. The van der Waals surface area contributed by atoms with Crippen molar-refractivity contribution in [2.45, 2.75) is 48.0 Å². The van der Waals surface area contributed by atoms with Crippen LogP contribution >= 0.6 is 24.4 Å². The third-order valence-corrected chi connectivity index (χ3v) is 5.71. The molecule has 0 spiro atoms. The molecule has 3 heteroatoms. The Morgan fingerprint density at radius 3 is 1.93 bits per heavy atom. The van der Waals surface area contributed by atoms with Gasteiger partial charge in [0, 0.05) is 0 Å². The molecule has 0 unspecified atom stereocenters. The molecule has 0 aromatic heterocycles. The van der Waals surface area contributed by atoms with Gasteiger partial charge < -0.3 is 0 Å². The van der Waals surface area contributed by atoms with Gasteiger partial charge in [0.1, 0.15) is 0 Å². The van der Waals surface area contributed by atoms with E-state index in [0.717, 1.165) is 0 Å². The molecule has 0 saturated carbocycles. The van der Waals surface area contributed by atoms with Gasteiger partial charge in [0.2, 0.25) is 0 Å². The summed E-state index contributed by atoms with van der Waals surface area (Å²) < 4.78 is 0. The van der Waals surface area contributed by atoms with E-state index in [1.807, 2.05) is 0 Å². The summed E-state index contributed by atoms with van der Waals surface area (Å²) in [7, 11) is 0. The van der Waals surface area contributed by atoms with Crippen LogP contribution in [0.1, 0.15) is 40.3 Å². The van der Waals surface area contributed by atoms with Crippen LogP contribution in [0.4, 0.5) is 0 Å². The Kier molecular flexibility index (Phi) is 9.38. The Balaban J connectivity index is 0.000000181. The Hall–Kier alpha value is -0.497. The van der Waals surface area contributed by atoms with Gasteiger partial charge >= 0.3 is 43.0 Å². The van der Waals surface area contributed by atoms with Crippen molar-refractivity contribution in [1.82, 2.24) is 0 Å². The fraction of sp³-hybridized carbons (Fsp3) is 0.280. The summed E-state index contributed by atoms with van der Waals surface area (Å²) in [6.45, 7) is 13.3. The Morgan fingerprint density at radius 2 is 1.39 bits per heavy atom. The fourth-order valence-electron chi connectivity index (χ4n) is 3.94. The number of rotatable bonds is 1. The summed E-state index contributed by atoms with van der Waals surface area (Å²) in [6, 6.07) is 17.4. The van der Waals surface area contributed by atoms with Crippen LogP contribution in [0.25, 0.3) is 21.5 Å².